The molecule has 15 heavy (non-hydrogen) atoms. The topological polar surface area (TPSA) is 67.2 Å². The van der Waals surface area contributed by atoms with E-state index in [1.54, 1.807) is 31.0 Å². The van der Waals surface area contributed by atoms with Crippen molar-refractivity contribution in [3.8, 4) is 0 Å². The molecule has 0 aliphatic rings. The first kappa shape index (κ1) is 11.5. The summed E-state index contributed by atoms with van der Waals surface area (Å²) in [5, 5.41) is 16.5. The van der Waals surface area contributed by atoms with E-state index in [0.717, 1.165) is 0 Å². The van der Waals surface area contributed by atoms with Crippen molar-refractivity contribution >= 4 is 5.91 Å². The van der Waals surface area contributed by atoms with Gasteiger partial charge in [0.25, 0.3) is 0 Å². The molecule has 5 nitrogen and oxygen atoms in total. The first-order chi connectivity index (χ1) is 6.95. The van der Waals surface area contributed by atoms with Crippen LogP contribution in [0.1, 0.15) is 12.5 Å². The quantitative estimate of drug-likeness (QED) is 0.682. The smallest absolute Gasteiger partial charge is 0.243 e. The molecule has 1 aromatic heterocycles. The van der Waals surface area contributed by atoms with Gasteiger partial charge in [-0.15, -0.1) is 0 Å². The Balaban J connectivity index is 2.66. The Bertz CT molecular complexity index is 368. The van der Waals surface area contributed by atoms with Gasteiger partial charge >= 0.3 is 0 Å². The molecule has 0 aliphatic heterocycles. The van der Waals surface area contributed by atoms with E-state index >= 15 is 0 Å². The number of rotatable bonds is 4. The number of aliphatic hydroxyl groups is 1. The molecule has 0 fully saturated rings. The second-order valence-electron chi connectivity index (χ2n) is 3.60. The third kappa shape index (κ3) is 2.92. The highest BCUT2D eigenvalue weighted by atomic mass is 16.3. The molecule has 1 aromatic rings. The number of nitrogens with one attached hydrogen (secondary N) is 1. The lowest BCUT2D eigenvalue weighted by Crippen LogP contribution is -2.37. The average Bonchev–Trinajstić information content (AvgIpc) is 2.62. The minimum atomic E-state index is -1.12. The average molecular weight is 209 g/mol. The number of aromatic nitrogens is 2. The summed E-state index contributed by atoms with van der Waals surface area (Å²) in [7, 11) is 1.77. The summed E-state index contributed by atoms with van der Waals surface area (Å²) in [5.74, 6) is -0.306. The summed E-state index contributed by atoms with van der Waals surface area (Å²) < 4.78 is 1.60. The Labute approximate surface area is 88.4 Å². The van der Waals surface area contributed by atoms with Crippen LogP contribution in [0.4, 0.5) is 0 Å². The van der Waals surface area contributed by atoms with Crippen molar-refractivity contribution < 1.29 is 9.90 Å². The van der Waals surface area contributed by atoms with Gasteiger partial charge < -0.3 is 10.4 Å². The van der Waals surface area contributed by atoms with Gasteiger partial charge in [0, 0.05) is 18.8 Å². The Morgan fingerprint density at radius 2 is 2.53 bits per heavy atom. The number of amides is 1. The zero-order valence-electron chi connectivity index (χ0n) is 8.90. The van der Waals surface area contributed by atoms with Crippen molar-refractivity contribution in [2.75, 3.05) is 6.54 Å². The zero-order chi connectivity index (χ0) is 11.5. The van der Waals surface area contributed by atoms with Crippen LogP contribution in [0.15, 0.2) is 25.0 Å². The van der Waals surface area contributed by atoms with E-state index in [1.807, 2.05) is 0 Å². The molecule has 2 N–H and O–H groups in total. The first-order valence-corrected chi connectivity index (χ1v) is 4.57. The summed E-state index contributed by atoms with van der Waals surface area (Å²) in [4.78, 5) is 10.9. The molecule has 1 amide bonds. The fourth-order valence-corrected chi connectivity index (χ4v) is 1.13. The largest absolute Gasteiger partial charge is 0.383 e. The van der Waals surface area contributed by atoms with E-state index in [9.17, 15) is 9.90 Å². The third-order valence-corrected chi connectivity index (χ3v) is 2.12. The van der Waals surface area contributed by atoms with Gasteiger partial charge in [0.2, 0.25) is 5.91 Å². The molecule has 0 saturated heterocycles. The maximum atomic E-state index is 10.9. The van der Waals surface area contributed by atoms with Crippen LogP contribution in [0.25, 0.3) is 0 Å². The molecule has 0 spiro atoms. The van der Waals surface area contributed by atoms with Crippen molar-refractivity contribution in [2.45, 2.75) is 12.5 Å². The van der Waals surface area contributed by atoms with Crippen molar-refractivity contribution in [2.24, 2.45) is 7.05 Å². The molecule has 5 heteroatoms. The molecule has 1 rings (SSSR count). The molecule has 0 saturated carbocycles. The van der Waals surface area contributed by atoms with E-state index in [2.05, 4.69) is 17.0 Å². The lowest BCUT2D eigenvalue weighted by molar-refractivity contribution is -0.117. The number of carbonyl (C=O) groups is 1. The monoisotopic (exact) mass is 209 g/mol. The van der Waals surface area contributed by atoms with Gasteiger partial charge in [0.05, 0.1) is 12.7 Å². The molecule has 0 bridgehead atoms. The van der Waals surface area contributed by atoms with E-state index < -0.39 is 5.60 Å². The van der Waals surface area contributed by atoms with Crippen molar-refractivity contribution in [1.29, 1.82) is 0 Å². The van der Waals surface area contributed by atoms with E-state index in [4.69, 9.17) is 0 Å². The highest BCUT2D eigenvalue weighted by Crippen LogP contribution is 2.18. The Kier molecular flexibility index (Phi) is 3.26. The Morgan fingerprint density at radius 1 is 1.87 bits per heavy atom. The normalized spacial score (nSPS) is 14.3. The zero-order valence-corrected chi connectivity index (χ0v) is 8.90. The van der Waals surface area contributed by atoms with E-state index in [0.29, 0.717) is 5.56 Å². The van der Waals surface area contributed by atoms with Crippen molar-refractivity contribution in [1.82, 2.24) is 15.1 Å². The van der Waals surface area contributed by atoms with Crippen molar-refractivity contribution in [3.05, 3.63) is 30.6 Å². The molecule has 0 radical (unpaired) electrons. The summed E-state index contributed by atoms with van der Waals surface area (Å²) in [5.41, 5.74) is -0.457. The van der Waals surface area contributed by atoms with Crippen LogP contribution >= 0.6 is 0 Å². The number of hydrogen-bond donors (Lipinski definition) is 2. The van der Waals surface area contributed by atoms with Crippen LogP contribution in [0.2, 0.25) is 0 Å². The van der Waals surface area contributed by atoms with E-state index in [-0.39, 0.29) is 12.5 Å². The van der Waals surface area contributed by atoms with E-state index in [1.165, 1.54) is 6.08 Å². The molecule has 1 heterocycles. The second-order valence-corrected chi connectivity index (χ2v) is 3.60. The standard InChI is InChI=1S/C10H15N3O2/c1-4-9(14)11-7-10(2,15)8-5-12-13(3)6-8/h4-6,15H,1,7H2,2-3H3,(H,11,14). The van der Waals surface area contributed by atoms with Gasteiger partial charge in [0.15, 0.2) is 0 Å². The summed E-state index contributed by atoms with van der Waals surface area (Å²) in [6, 6.07) is 0. The van der Waals surface area contributed by atoms with Crippen LogP contribution in [0.5, 0.6) is 0 Å². The number of aryl methyl sites for hydroxylation is 1. The minimum absolute atomic E-state index is 0.129. The minimum Gasteiger partial charge on any atom is -0.383 e. The Morgan fingerprint density at radius 3 is 3.00 bits per heavy atom. The van der Waals surface area contributed by atoms with Crippen LogP contribution in [0, 0.1) is 0 Å². The van der Waals surface area contributed by atoms with Gasteiger partial charge in [0.1, 0.15) is 5.60 Å². The third-order valence-electron chi connectivity index (χ3n) is 2.12. The highest BCUT2D eigenvalue weighted by molar-refractivity contribution is 5.86. The molecule has 0 aliphatic carbocycles. The van der Waals surface area contributed by atoms with Gasteiger partial charge in [-0.25, -0.2) is 0 Å². The maximum absolute atomic E-state index is 10.9. The van der Waals surface area contributed by atoms with Gasteiger partial charge in [-0.2, -0.15) is 5.10 Å². The number of carbonyl (C=O) groups excluding carboxylic acids is 1. The Hall–Kier alpha value is -1.62. The van der Waals surface area contributed by atoms with Crippen LogP contribution in [0.3, 0.4) is 0 Å². The summed E-state index contributed by atoms with van der Waals surface area (Å²) in [6.45, 7) is 5.07. The molecular weight excluding hydrogens is 194 g/mol. The first-order valence-electron chi connectivity index (χ1n) is 4.57. The summed E-state index contributed by atoms with van der Waals surface area (Å²) >= 11 is 0. The highest BCUT2D eigenvalue weighted by Gasteiger charge is 2.24. The molecule has 1 atom stereocenters. The predicted octanol–water partition coefficient (Wildman–Crippen LogP) is -0.0702. The van der Waals surface area contributed by atoms with Crippen LogP contribution in [-0.2, 0) is 17.4 Å². The fraction of sp³-hybridized carbons (Fsp3) is 0.400. The SMILES string of the molecule is C=CC(=O)NCC(C)(O)c1cnn(C)c1. The van der Waals surface area contributed by atoms with Crippen LogP contribution in [-0.4, -0.2) is 27.3 Å². The van der Waals surface area contributed by atoms with Gasteiger partial charge in [-0.1, -0.05) is 6.58 Å². The summed E-state index contributed by atoms with van der Waals surface area (Å²) in [6.07, 6.45) is 4.44. The lowest BCUT2D eigenvalue weighted by Gasteiger charge is -2.21. The fourth-order valence-electron chi connectivity index (χ4n) is 1.13. The molecule has 82 valence electrons. The molecule has 1 unspecified atom stereocenters. The predicted molar refractivity (Wildman–Crippen MR) is 56.0 cm³/mol. The van der Waals surface area contributed by atoms with Gasteiger partial charge in [-0.05, 0) is 13.0 Å². The van der Waals surface area contributed by atoms with Crippen LogP contribution < -0.4 is 5.32 Å². The number of hydrogen-bond acceptors (Lipinski definition) is 3. The lowest BCUT2D eigenvalue weighted by atomic mass is 10.00. The molecule has 0 aromatic carbocycles. The van der Waals surface area contributed by atoms with Crippen molar-refractivity contribution in [3.63, 3.8) is 0 Å². The van der Waals surface area contributed by atoms with Gasteiger partial charge in [-0.3, -0.25) is 9.48 Å². The number of nitrogens with zero attached hydrogens (tertiary/aromatic N) is 2. The second kappa shape index (κ2) is 4.27. The maximum Gasteiger partial charge on any atom is 0.243 e. The molecular formula is C10H15N3O2.